The predicted octanol–water partition coefficient (Wildman–Crippen LogP) is 1.26. The minimum absolute atomic E-state index is 0.139. The van der Waals surface area contributed by atoms with Gasteiger partial charge in [-0.1, -0.05) is 0 Å². The van der Waals surface area contributed by atoms with Crippen molar-refractivity contribution < 1.29 is 14.6 Å². The number of aromatic nitrogens is 2. The van der Waals surface area contributed by atoms with Crippen LogP contribution in [0, 0.1) is 6.92 Å². The topological polar surface area (TPSA) is 56.5 Å². The van der Waals surface area contributed by atoms with Crippen molar-refractivity contribution in [3.8, 4) is 0 Å². The van der Waals surface area contributed by atoms with Crippen molar-refractivity contribution in [3.63, 3.8) is 0 Å². The van der Waals surface area contributed by atoms with Crippen molar-refractivity contribution in [2.24, 2.45) is 7.05 Å². The van der Waals surface area contributed by atoms with E-state index in [1.807, 2.05) is 18.7 Å². The molecule has 0 radical (unpaired) electrons. The van der Waals surface area contributed by atoms with Crippen LogP contribution in [0.1, 0.15) is 36.2 Å². The number of nitrogens with zero attached hydrogens (tertiary/aromatic N) is 2. The lowest BCUT2D eigenvalue weighted by atomic mass is 9.75. The van der Waals surface area contributed by atoms with Crippen LogP contribution >= 0.6 is 0 Å². The van der Waals surface area contributed by atoms with Gasteiger partial charge in [0, 0.05) is 32.0 Å². The van der Waals surface area contributed by atoms with Gasteiger partial charge in [-0.15, -0.1) is 0 Å². The van der Waals surface area contributed by atoms with Gasteiger partial charge in [0.05, 0.1) is 5.69 Å². The van der Waals surface area contributed by atoms with Crippen molar-refractivity contribution in [2.75, 3.05) is 20.5 Å². The molecule has 0 saturated heterocycles. The summed E-state index contributed by atoms with van der Waals surface area (Å²) in [4.78, 5) is 0. The summed E-state index contributed by atoms with van der Waals surface area (Å²) in [7, 11) is 3.56. The van der Waals surface area contributed by atoms with Gasteiger partial charge >= 0.3 is 0 Å². The summed E-state index contributed by atoms with van der Waals surface area (Å²) < 4.78 is 12.8. The van der Waals surface area contributed by atoms with E-state index in [2.05, 4.69) is 5.10 Å². The second kappa shape index (κ2) is 5.38. The Kier molecular flexibility index (Phi) is 4.04. The van der Waals surface area contributed by atoms with Gasteiger partial charge in [0.2, 0.25) is 0 Å². The van der Waals surface area contributed by atoms with Gasteiger partial charge in [0.25, 0.3) is 0 Å². The molecule has 1 N–H and O–H groups in total. The van der Waals surface area contributed by atoms with Crippen LogP contribution in [-0.2, 0) is 28.5 Å². The number of aliphatic hydroxyl groups excluding tert-OH is 1. The predicted molar refractivity (Wildman–Crippen MR) is 67.2 cm³/mol. The Labute approximate surface area is 108 Å². The second-order valence-electron chi connectivity index (χ2n) is 4.91. The zero-order valence-electron chi connectivity index (χ0n) is 11.4. The van der Waals surface area contributed by atoms with E-state index >= 15 is 0 Å². The lowest BCUT2D eigenvalue weighted by Crippen LogP contribution is -2.39. The molecule has 0 aliphatic heterocycles. The first-order valence-corrected chi connectivity index (χ1v) is 6.41. The van der Waals surface area contributed by atoms with Gasteiger partial charge in [-0.05, 0) is 32.6 Å². The highest BCUT2D eigenvalue weighted by Gasteiger charge is 2.44. The molecule has 102 valence electrons. The molecular formula is C13H22N2O3. The fourth-order valence-corrected chi connectivity index (χ4v) is 2.55. The van der Waals surface area contributed by atoms with Crippen molar-refractivity contribution in [1.29, 1.82) is 0 Å². The number of rotatable bonds is 6. The molecule has 0 bridgehead atoms. The Morgan fingerprint density at radius 2 is 2.17 bits per heavy atom. The quantitative estimate of drug-likeness (QED) is 0.777. The van der Waals surface area contributed by atoms with Crippen LogP contribution in [0.25, 0.3) is 0 Å². The van der Waals surface area contributed by atoms with Gasteiger partial charge in [0.15, 0.2) is 0 Å². The summed E-state index contributed by atoms with van der Waals surface area (Å²) in [6, 6.07) is 0. The smallest absolute Gasteiger partial charge is 0.147 e. The van der Waals surface area contributed by atoms with Gasteiger partial charge in [-0.25, -0.2) is 0 Å². The molecule has 0 atom stereocenters. The minimum atomic E-state index is -0.299. The van der Waals surface area contributed by atoms with Gasteiger partial charge in [-0.2, -0.15) is 5.10 Å². The lowest BCUT2D eigenvalue weighted by molar-refractivity contribution is -0.173. The monoisotopic (exact) mass is 254 g/mol. The summed E-state index contributed by atoms with van der Waals surface area (Å²) in [6.07, 6.45) is 3.74. The highest BCUT2D eigenvalue weighted by atomic mass is 16.7. The number of aliphatic hydroxyl groups is 1. The molecule has 1 saturated carbocycles. The molecule has 1 aromatic heterocycles. The van der Waals surface area contributed by atoms with Crippen molar-refractivity contribution >= 4 is 0 Å². The average Bonchev–Trinajstić information content (AvgIpc) is 2.57. The van der Waals surface area contributed by atoms with Crippen molar-refractivity contribution in [3.05, 3.63) is 17.0 Å². The van der Waals surface area contributed by atoms with Crippen LogP contribution in [0.4, 0.5) is 0 Å². The zero-order chi connectivity index (χ0) is 13.2. The maximum atomic E-state index is 9.21. The molecule has 2 rings (SSSR count). The lowest BCUT2D eigenvalue weighted by Gasteiger charge is -2.40. The molecule has 1 aromatic rings. The first-order chi connectivity index (χ1) is 8.64. The largest absolute Gasteiger partial charge is 0.396 e. The van der Waals surface area contributed by atoms with Crippen LogP contribution in [0.2, 0.25) is 0 Å². The van der Waals surface area contributed by atoms with E-state index in [9.17, 15) is 5.11 Å². The third-order valence-corrected chi connectivity index (χ3v) is 3.87. The minimum Gasteiger partial charge on any atom is -0.396 e. The fourth-order valence-electron chi connectivity index (χ4n) is 2.55. The van der Waals surface area contributed by atoms with Crippen LogP contribution in [-0.4, -0.2) is 35.4 Å². The summed E-state index contributed by atoms with van der Waals surface area (Å²) >= 11 is 0. The maximum Gasteiger partial charge on any atom is 0.147 e. The summed E-state index contributed by atoms with van der Waals surface area (Å²) in [5.41, 5.74) is 2.91. The molecule has 0 spiro atoms. The third kappa shape index (κ3) is 2.18. The molecule has 0 unspecified atom stereocenters. The standard InChI is InChI=1S/C13H22N2O3/c1-10-11(5-8-16)12(14-15(10)2)13(6-4-7-13)18-9-17-3/h16H,4-9H2,1-3H3. The Morgan fingerprint density at radius 3 is 2.67 bits per heavy atom. The molecule has 5 nitrogen and oxygen atoms in total. The number of aryl methyl sites for hydroxylation is 1. The molecule has 5 heteroatoms. The van der Waals surface area contributed by atoms with Crippen LogP contribution in [0.15, 0.2) is 0 Å². The zero-order valence-corrected chi connectivity index (χ0v) is 11.4. The normalized spacial score (nSPS) is 17.8. The van der Waals surface area contributed by atoms with E-state index in [-0.39, 0.29) is 19.0 Å². The van der Waals surface area contributed by atoms with Crippen LogP contribution < -0.4 is 0 Å². The molecule has 18 heavy (non-hydrogen) atoms. The van der Waals surface area contributed by atoms with E-state index in [4.69, 9.17) is 9.47 Å². The van der Waals surface area contributed by atoms with Crippen LogP contribution in [0.5, 0.6) is 0 Å². The van der Waals surface area contributed by atoms with E-state index in [1.165, 1.54) is 0 Å². The summed E-state index contributed by atoms with van der Waals surface area (Å²) in [5.74, 6) is 0. The highest BCUT2D eigenvalue weighted by molar-refractivity contribution is 5.32. The fraction of sp³-hybridized carbons (Fsp3) is 0.769. The number of ether oxygens (including phenoxy) is 2. The highest BCUT2D eigenvalue weighted by Crippen LogP contribution is 2.45. The number of hydrogen-bond donors (Lipinski definition) is 1. The number of methoxy groups -OCH3 is 1. The molecule has 0 aromatic carbocycles. The van der Waals surface area contributed by atoms with Crippen LogP contribution in [0.3, 0.4) is 0 Å². The Balaban J connectivity index is 2.32. The molecule has 1 fully saturated rings. The maximum absolute atomic E-state index is 9.21. The average molecular weight is 254 g/mol. The van der Waals surface area contributed by atoms with Gasteiger partial charge in [0.1, 0.15) is 12.4 Å². The van der Waals surface area contributed by atoms with Gasteiger partial charge < -0.3 is 14.6 Å². The third-order valence-electron chi connectivity index (χ3n) is 3.87. The molecule has 0 amide bonds. The molecule has 1 aliphatic rings. The molecule has 1 aliphatic carbocycles. The summed E-state index contributed by atoms with van der Waals surface area (Å²) in [5, 5.41) is 13.8. The Hall–Kier alpha value is -0.910. The van der Waals surface area contributed by atoms with Crippen molar-refractivity contribution in [1.82, 2.24) is 9.78 Å². The van der Waals surface area contributed by atoms with E-state index in [0.29, 0.717) is 6.42 Å². The Morgan fingerprint density at radius 1 is 1.44 bits per heavy atom. The molecule has 1 heterocycles. The first-order valence-electron chi connectivity index (χ1n) is 6.41. The SMILES string of the molecule is COCOC1(c2nn(C)c(C)c2CCO)CCC1. The summed E-state index contributed by atoms with van der Waals surface area (Å²) in [6.45, 7) is 2.46. The first kappa shape index (κ1) is 13.5. The molecular weight excluding hydrogens is 232 g/mol. The Bertz CT molecular complexity index is 411. The van der Waals surface area contributed by atoms with Gasteiger partial charge in [-0.3, -0.25) is 4.68 Å². The number of hydrogen-bond acceptors (Lipinski definition) is 4. The van der Waals surface area contributed by atoms with E-state index in [1.54, 1.807) is 7.11 Å². The van der Waals surface area contributed by atoms with E-state index in [0.717, 1.165) is 36.2 Å². The van der Waals surface area contributed by atoms with E-state index < -0.39 is 0 Å². The second-order valence-corrected chi connectivity index (χ2v) is 4.91. The van der Waals surface area contributed by atoms with Crippen molar-refractivity contribution in [2.45, 2.75) is 38.2 Å².